The first-order chi connectivity index (χ1) is 14.1. The molecule has 8 heteroatoms. The second-order valence-corrected chi connectivity index (χ2v) is 6.25. The Morgan fingerprint density at radius 3 is 2.34 bits per heavy atom. The summed E-state index contributed by atoms with van der Waals surface area (Å²) in [5.74, 6) is 0.655. The SMILES string of the molecule is CCOC(=O)CCC(=O)NC(=S)Nc1cccc(OCCOc2ccccc2)c1. The monoisotopic (exact) mass is 416 g/mol. The fraction of sp³-hybridized carbons (Fsp3) is 0.286. The van der Waals surface area contributed by atoms with Crippen molar-refractivity contribution >= 4 is 34.9 Å². The largest absolute Gasteiger partial charge is 0.490 e. The second kappa shape index (κ2) is 12.4. The minimum Gasteiger partial charge on any atom is -0.490 e. The van der Waals surface area contributed by atoms with Crippen LogP contribution in [-0.2, 0) is 14.3 Å². The number of hydrogen-bond donors (Lipinski definition) is 2. The molecule has 0 aliphatic rings. The molecule has 2 aromatic rings. The van der Waals surface area contributed by atoms with Gasteiger partial charge < -0.3 is 24.8 Å². The zero-order valence-electron chi connectivity index (χ0n) is 16.2. The Balaban J connectivity index is 1.71. The normalized spacial score (nSPS) is 9.97. The summed E-state index contributed by atoms with van der Waals surface area (Å²) in [6, 6.07) is 16.7. The molecule has 0 aromatic heterocycles. The Hall–Kier alpha value is -3.13. The van der Waals surface area contributed by atoms with E-state index in [1.165, 1.54) is 0 Å². The predicted octanol–water partition coefficient (Wildman–Crippen LogP) is 3.30. The van der Waals surface area contributed by atoms with E-state index >= 15 is 0 Å². The van der Waals surface area contributed by atoms with Gasteiger partial charge in [0, 0.05) is 18.2 Å². The van der Waals surface area contributed by atoms with Crippen LogP contribution in [0.3, 0.4) is 0 Å². The smallest absolute Gasteiger partial charge is 0.306 e. The second-order valence-electron chi connectivity index (χ2n) is 5.85. The first-order valence-corrected chi connectivity index (χ1v) is 9.65. The summed E-state index contributed by atoms with van der Waals surface area (Å²) < 4.78 is 16.0. The van der Waals surface area contributed by atoms with E-state index in [1.54, 1.807) is 25.1 Å². The van der Waals surface area contributed by atoms with E-state index in [4.69, 9.17) is 26.4 Å². The summed E-state index contributed by atoms with van der Waals surface area (Å²) >= 11 is 5.13. The topological polar surface area (TPSA) is 85.9 Å². The maximum absolute atomic E-state index is 11.8. The fourth-order valence-electron chi connectivity index (χ4n) is 2.30. The molecule has 0 heterocycles. The Morgan fingerprint density at radius 1 is 0.931 bits per heavy atom. The van der Waals surface area contributed by atoms with Crippen molar-refractivity contribution in [2.75, 3.05) is 25.1 Å². The Kier molecular flexibility index (Phi) is 9.44. The molecule has 29 heavy (non-hydrogen) atoms. The average molecular weight is 416 g/mol. The first kappa shape index (κ1) is 22.2. The molecular formula is C21H24N2O5S. The Bertz CT molecular complexity index is 814. The average Bonchev–Trinajstić information content (AvgIpc) is 2.71. The molecule has 0 saturated heterocycles. The molecular weight excluding hydrogens is 392 g/mol. The van der Waals surface area contributed by atoms with E-state index in [0.717, 1.165) is 5.75 Å². The van der Waals surface area contributed by atoms with Gasteiger partial charge in [0.05, 0.1) is 13.0 Å². The molecule has 2 N–H and O–H groups in total. The molecule has 0 radical (unpaired) electrons. The van der Waals surface area contributed by atoms with Gasteiger partial charge in [-0.3, -0.25) is 9.59 Å². The van der Waals surface area contributed by atoms with Crippen LogP contribution in [0.2, 0.25) is 0 Å². The molecule has 0 aliphatic carbocycles. The number of carbonyl (C=O) groups excluding carboxylic acids is 2. The van der Waals surface area contributed by atoms with Crippen molar-refractivity contribution in [3.05, 3.63) is 54.6 Å². The number of carbonyl (C=O) groups is 2. The molecule has 0 unspecified atom stereocenters. The molecule has 1 amide bonds. The number of amides is 1. The van der Waals surface area contributed by atoms with E-state index in [-0.39, 0.29) is 30.5 Å². The van der Waals surface area contributed by atoms with Crippen molar-refractivity contribution in [2.45, 2.75) is 19.8 Å². The minimum atomic E-state index is -0.414. The van der Waals surface area contributed by atoms with Gasteiger partial charge in [-0.25, -0.2) is 0 Å². The summed E-state index contributed by atoms with van der Waals surface area (Å²) in [4.78, 5) is 23.1. The molecule has 7 nitrogen and oxygen atoms in total. The number of nitrogens with one attached hydrogen (secondary N) is 2. The van der Waals surface area contributed by atoms with Gasteiger partial charge in [0.1, 0.15) is 24.7 Å². The van der Waals surface area contributed by atoms with E-state index < -0.39 is 5.97 Å². The van der Waals surface area contributed by atoms with Crippen LogP contribution in [0.1, 0.15) is 19.8 Å². The number of esters is 1. The maximum Gasteiger partial charge on any atom is 0.306 e. The molecule has 0 atom stereocenters. The summed E-state index contributed by atoms with van der Waals surface area (Å²) in [7, 11) is 0. The Labute approximate surface area is 175 Å². The number of hydrogen-bond acceptors (Lipinski definition) is 6. The minimum absolute atomic E-state index is 0.00518. The third-order valence-electron chi connectivity index (χ3n) is 3.57. The number of para-hydroxylation sites is 1. The number of benzene rings is 2. The van der Waals surface area contributed by atoms with Crippen LogP contribution in [0.15, 0.2) is 54.6 Å². The van der Waals surface area contributed by atoms with Gasteiger partial charge in [-0.2, -0.15) is 0 Å². The fourth-order valence-corrected chi connectivity index (χ4v) is 2.53. The number of rotatable bonds is 10. The van der Waals surface area contributed by atoms with Crippen LogP contribution in [0, 0.1) is 0 Å². The van der Waals surface area contributed by atoms with Crippen LogP contribution >= 0.6 is 12.2 Å². The standard InChI is InChI=1S/C21H24N2O5S/c1-2-26-20(25)12-11-19(24)23-21(29)22-16-7-6-10-18(15-16)28-14-13-27-17-8-4-3-5-9-17/h3-10,15H,2,11-14H2,1H3,(H2,22,23,24,29). The van der Waals surface area contributed by atoms with Gasteiger partial charge in [0.25, 0.3) is 0 Å². The van der Waals surface area contributed by atoms with Crippen molar-refractivity contribution in [3.8, 4) is 11.5 Å². The van der Waals surface area contributed by atoms with Gasteiger partial charge >= 0.3 is 5.97 Å². The van der Waals surface area contributed by atoms with E-state index in [9.17, 15) is 9.59 Å². The van der Waals surface area contributed by atoms with E-state index in [0.29, 0.717) is 24.7 Å². The third-order valence-corrected chi connectivity index (χ3v) is 3.77. The first-order valence-electron chi connectivity index (χ1n) is 9.24. The Morgan fingerprint density at radius 2 is 1.62 bits per heavy atom. The van der Waals surface area contributed by atoms with Crippen LogP contribution in [0.25, 0.3) is 0 Å². The van der Waals surface area contributed by atoms with Crippen LogP contribution < -0.4 is 20.1 Å². The van der Waals surface area contributed by atoms with Crippen LogP contribution in [0.4, 0.5) is 5.69 Å². The van der Waals surface area contributed by atoms with Gasteiger partial charge in [0.2, 0.25) is 5.91 Å². The summed E-state index contributed by atoms with van der Waals surface area (Å²) in [6.45, 7) is 2.80. The molecule has 0 bridgehead atoms. The third kappa shape index (κ3) is 9.07. The van der Waals surface area contributed by atoms with Crippen LogP contribution in [-0.4, -0.2) is 36.8 Å². The van der Waals surface area contributed by atoms with Crippen molar-refractivity contribution in [1.82, 2.24) is 5.32 Å². The molecule has 0 fully saturated rings. The zero-order chi connectivity index (χ0) is 20.9. The quantitative estimate of drug-likeness (QED) is 0.349. The highest BCUT2D eigenvalue weighted by Crippen LogP contribution is 2.17. The molecule has 2 aromatic carbocycles. The van der Waals surface area contributed by atoms with Gasteiger partial charge in [-0.15, -0.1) is 0 Å². The lowest BCUT2D eigenvalue weighted by atomic mass is 10.3. The van der Waals surface area contributed by atoms with Crippen LogP contribution in [0.5, 0.6) is 11.5 Å². The van der Waals surface area contributed by atoms with Gasteiger partial charge in [-0.1, -0.05) is 24.3 Å². The number of thiocarbonyl (C=S) groups is 1. The summed E-state index contributed by atoms with van der Waals surface area (Å²) in [6.07, 6.45) is 0.0158. The maximum atomic E-state index is 11.8. The predicted molar refractivity (Wildman–Crippen MR) is 114 cm³/mol. The molecule has 0 saturated carbocycles. The zero-order valence-corrected chi connectivity index (χ0v) is 17.0. The van der Waals surface area contributed by atoms with Gasteiger partial charge in [-0.05, 0) is 43.4 Å². The van der Waals surface area contributed by atoms with Crippen molar-refractivity contribution in [2.24, 2.45) is 0 Å². The lowest BCUT2D eigenvalue weighted by Gasteiger charge is -2.12. The van der Waals surface area contributed by atoms with E-state index in [1.807, 2.05) is 36.4 Å². The highest BCUT2D eigenvalue weighted by molar-refractivity contribution is 7.80. The lowest BCUT2D eigenvalue weighted by Crippen LogP contribution is -2.34. The lowest BCUT2D eigenvalue weighted by molar-refractivity contribution is -0.144. The highest BCUT2D eigenvalue weighted by atomic mass is 32.1. The van der Waals surface area contributed by atoms with Crippen molar-refractivity contribution in [3.63, 3.8) is 0 Å². The summed E-state index contributed by atoms with van der Waals surface area (Å²) in [5, 5.41) is 5.59. The van der Waals surface area contributed by atoms with Gasteiger partial charge in [0.15, 0.2) is 5.11 Å². The van der Waals surface area contributed by atoms with E-state index in [2.05, 4.69) is 10.6 Å². The number of anilines is 1. The number of ether oxygens (including phenoxy) is 3. The highest BCUT2D eigenvalue weighted by Gasteiger charge is 2.09. The van der Waals surface area contributed by atoms with Crippen molar-refractivity contribution < 1.29 is 23.8 Å². The molecule has 0 spiro atoms. The summed E-state index contributed by atoms with van der Waals surface area (Å²) in [5.41, 5.74) is 0.669. The molecule has 0 aliphatic heterocycles. The van der Waals surface area contributed by atoms with Crippen molar-refractivity contribution in [1.29, 1.82) is 0 Å². The molecule has 154 valence electrons. The molecule has 2 rings (SSSR count).